The molecule has 0 bridgehead atoms. The highest BCUT2D eigenvalue weighted by Crippen LogP contribution is 2.32. The molecule has 0 aromatic heterocycles. The number of hydrogen-bond donors (Lipinski definition) is 2. The smallest absolute Gasteiger partial charge is 0.119 e. The summed E-state index contributed by atoms with van der Waals surface area (Å²) < 4.78 is 5.81. The first kappa shape index (κ1) is 14.9. The van der Waals surface area contributed by atoms with E-state index in [9.17, 15) is 0 Å². The summed E-state index contributed by atoms with van der Waals surface area (Å²) in [5.41, 5.74) is 4.30. The lowest BCUT2D eigenvalue weighted by Gasteiger charge is -2.22. The number of benzene rings is 1. The molecule has 0 saturated heterocycles. The first-order valence-electron chi connectivity index (χ1n) is 8.58. The van der Waals surface area contributed by atoms with Gasteiger partial charge in [0.25, 0.3) is 0 Å². The molecule has 0 amide bonds. The van der Waals surface area contributed by atoms with Gasteiger partial charge in [-0.2, -0.15) is 0 Å². The fourth-order valence-corrected chi connectivity index (χ4v) is 3.39. The van der Waals surface area contributed by atoms with Crippen LogP contribution in [0.15, 0.2) is 24.3 Å². The molecule has 3 nitrogen and oxygen atoms in total. The standard InChI is InChI=1S/C18H28N2O/c19-20-18(13-14-5-3-1-2-4-6-14)15-7-9-16(10-8-15)21-17-11-12-17/h7-10,14,17-18,20H,1-6,11-13,19H2. The lowest BCUT2D eigenvalue weighted by molar-refractivity contribution is 0.303. The molecule has 3 rings (SSSR count). The Morgan fingerprint density at radius 1 is 1.00 bits per heavy atom. The highest BCUT2D eigenvalue weighted by Gasteiger charge is 2.23. The molecule has 116 valence electrons. The van der Waals surface area contributed by atoms with E-state index in [1.165, 1.54) is 56.9 Å². The topological polar surface area (TPSA) is 47.3 Å². The first-order chi connectivity index (χ1) is 10.3. The van der Waals surface area contributed by atoms with Crippen LogP contribution in [0.4, 0.5) is 0 Å². The molecule has 0 spiro atoms. The minimum atomic E-state index is 0.267. The quantitative estimate of drug-likeness (QED) is 0.471. The third-order valence-electron chi connectivity index (χ3n) is 4.85. The summed E-state index contributed by atoms with van der Waals surface area (Å²) in [6.07, 6.45) is 12.3. The monoisotopic (exact) mass is 288 g/mol. The van der Waals surface area contributed by atoms with Crippen molar-refractivity contribution >= 4 is 0 Å². The van der Waals surface area contributed by atoms with Crippen molar-refractivity contribution in [3.05, 3.63) is 29.8 Å². The molecule has 1 unspecified atom stereocenters. The second-order valence-electron chi connectivity index (χ2n) is 6.70. The second kappa shape index (κ2) is 7.28. The average molecular weight is 288 g/mol. The van der Waals surface area contributed by atoms with Crippen LogP contribution < -0.4 is 16.0 Å². The Morgan fingerprint density at radius 2 is 1.67 bits per heavy atom. The van der Waals surface area contributed by atoms with Crippen molar-refractivity contribution < 1.29 is 4.74 Å². The molecule has 1 aromatic rings. The Hall–Kier alpha value is -1.06. The zero-order valence-electron chi connectivity index (χ0n) is 12.9. The van der Waals surface area contributed by atoms with Crippen LogP contribution in [-0.4, -0.2) is 6.10 Å². The molecule has 1 aromatic carbocycles. The van der Waals surface area contributed by atoms with Crippen LogP contribution in [-0.2, 0) is 0 Å². The minimum absolute atomic E-state index is 0.267. The molecule has 21 heavy (non-hydrogen) atoms. The zero-order valence-corrected chi connectivity index (χ0v) is 12.9. The predicted octanol–water partition coefficient (Wildman–Crippen LogP) is 4.09. The summed E-state index contributed by atoms with van der Waals surface area (Å²) in [6.45, 7) is 0. The van der Waals surface area contributed by atoms with Crippen LogP contribution in [0.2, 0.25) is 0 Å². The van der Waals surface area contributed by atoms with Gasteiger partial charge in [0.1, 0.15) is 5.75 Å². The summed E-state index contributed by atoms with van der Waals surface area (Å²) in [6, 6.07) is 8.77. The number of hydrogen-bond acceptors (Lipinski definition) is 3. The van der Waals surface area contributed by atoms with E-state index >= 15 is 0 Å². The molecule has 0 radical (unpaired) electrons. The SMILES string of the molecule is NNC(CC1CCCCCC1)c1ccc(OC2CC2)cc1. The molecular formula is C18H28N2O. The molecule has 2 aliphatic carbocycles. The highest BCUT2D eigenvalue weighted by atomic mass is 16.5. The fraction of sp³-hybridized carbons (Fsp3) is 0.667. The lowest BCUT2D eigenvalue weighted by Crippen LogP contribution is -2.29. The number of nitrogens with two attached hydrogens (primary N) is 1. The van der Waals surface area contributed by atoms with Gasteiger partial charge in [0.15, 0.2) is 0 Å². The largest absolute Gasteiger partial charge is 0.490 e. The van der Waals surface area contributed by atoms with Crippen molar-refractivity contribution in [2.45, 2.75) is 69.9 Å². The summed E-state index contributed by atoms with van der Waals surface area (Å²) in [5, 5.41) is 0. The van der Waals surface area contributed by atoms with Crippen molar-refractivity contribution in [1.82, 2.24) is 5.43 Å². The molecule has 1 atom stereocenters. The van der Waals surface area contributed by atoms with Gasteiger partial charge in [-0.1, -0.05) is 50.7 Å². The molecule has 3 N–H and O–H groups in total. The van der Waals surface area contributed by atoms with E-state index < -0.39 is 0 Å². The van der Waals surface area contributed by atoms with Crippen LogP contribution in [0, 0.1) is 5.92 Å². The van der Waals surface area contributed by atoms with Crippen molar-refractivity contribution in [1.29, 1.82) is 0 Å². The summed E-state index contributed by atoms with van der Waals surface area (Å²) in [4.78, 5) is 0. The number of nitrogens with one attached hydrogen (secondary N) is 1. The maximum atomic E-state index is 5.81. The maximum absolute atomic E-state index is 5.81. The average Bonchev–Trinajstić information content (AvgIpc) is 3.33. The maximum Gasteiger partial charge on any atom is 0.119 e. The van der Waals surface area contributed by atoms with Crippen molar-refractivity contribution in [2.24, 2.45) is 11.8 Å². The van der Waals surface area contributed by atoms with Gasteiger partial charge in [0.2, 0.25) is 0 Å². The molecule has 2 fully saturated rings. The molecule has 0 heterocycles. The van der Waals surface area contributed by atoms with E-state index in [0.29, 0.717) is 6.10 Å². The molecule has 2 saturated carbocycles. The van der Waals surface area contributed by atoms with E-state index in [2.05, 4.69) is 29.7 Å². The predicted molar refractivity (Wildman–Crippen MR) is 86.0 cm³/mol. The number of hydrazine groups is 1. The van der Waals surface area contributed by atoms with Crippen LogP contribution in [0.25, 0.3) is 0 Å². The Labute approximate surface area is 128 Å². The van der Waals surface area contributed by atoms with Gasteiger partial charge in [0.05, 0.1) is 6.10 Å². The van der Waals surface area contributed by atoms with Crippen LogP contribution in [0.3, 0.4) is 0 Å². The van der Waals surface area contributed by atoms with Crippen LogP contribution in [0.1, 0.15) is 69.4 Å². The van der Waals surface area contributed by atoms with Crippen molar-refractivity contribution in [2.75, 3.05) is 0 Å². The van der Waals surface area contributed by atoms with E-state index in [-0.39, 0.29) is 6.04 Å². The fourth-order valence-electron chi connectivity index (χ4n) is 3.39. The zero-order chi connectivity index (χ0) is 14.5. The summed E-state index contributed by atoms with van der Waals surface area (Å²) in [5.74, 6) is 7.62. The van der Waals surface area contributed by atoms with Gasteiger partial charge in [-0.25, -0.2) is 0 Å². The Kier molecular flexibility index (Phi) is 5.15. The normalized spacial score (nSPS) is 21.8. The third-order valence-corrected chi connectivity index (χ3v) is 4.85. The van der Waals surface area contributed by atoms with Gasteiger partial charge in [-0.05, 0) is 42.9 Å². The highest BCUT2D eigenvalue weighted by molar-refractivity contribution is 5.29. The van der Waals surface area contributed by atoms with Gasteiger partial charge in [-0.3, -0.25) is 11.3 Å². The first-order valence-corrected chi connectivity index (χ1v) is 8.58. The van der Waals surface area contributed by atoms with E-state index in [4.69, 9.17) is 10.6 Å². The lowest BCUT2D eigenvalue weighted by atomic mass is 9.90. The summed E-state index contributed by atoms with van der Waals surface area (Å²) >= 11 is 0. The number of rotatable bonds is 6. The summed E-state index contributed by atoms with van der Waals surface area (Å²) in [7, 11) is 0. The number of ether oxygens (including phenoxy) is 1. The minimum Gasteiger partial charge on any atom is -0.490 e. The van der Waals surface area contributed by atoms with Crippen molar-refractivity contribution in [3.8, 4) is 5.75 Å². The van der Waals surface area contributed by atoms with Gasteiger partial charge in [-0.15, -0.1) is 0 Å². The van der Waals surface area contributed by atoms with Crippen molar-refractivity contribution in [3.63, 3.8) is 0 Å². The Balaban J connectivity index is 1.58. The van der Waals surface area contributed by atoms with Gasteiger partial charge in [0, 0.05) is 6.04 Å². The molecular weight excluding hydrogens is 260 g/mol. The van der Waals surface area contributed by atoms with E-state index in [1.807, 2.05) is 0 Å². The Bertz CT molecular complexity index is 419. The van der Waals surface area contributed by atoms with Crippen LogP contribution >= 0.6 is 0 Å². The van der Waals surface area contributed by atoms with Gasteiger partial charge < -0.3 is 4.74 Å². The van der Waals surface area contributed by atoms with E-state index in [1.54, 1.807) is 0 Å². The second-order valence-corrected chi connectivity index (χ2v) is 6.70. The molecule has 3 heteroatoms. The molecule has 2 aliphatic rings. The van der Waals surface area contributed by atoms with Crippen LogP contribution in [0.5, 0.6) is 5.75 Å². The third kappa shape index (κ3) is 4.45. The van der Waals surface area contributed by atoms with E-state index in [0.717, 1.165) is 18.1 Å². The Morgan fingerprint density at radius 3 is 2.24 bits per heavy atom. The van der Waals surface area contributed by atoms with Gasteiger partial charge >= 0.3 is 0 Å². The molecule has 0 aliphatic heterocycles.